The van der Waals surface area contributed by atoms with Gasteiger partial charge >= 0.3 is 0 Å². The monoisotopic (exact) mass is 370 g/mol. The van der Waals surface area contributed by atoms with Crippen LogP contribution in [-0.4, -0.2) is 23.3 Å². The number of thioether (sulfide) groups is 2. The lowest BCUT2D eigenvalue weighted by molar-refractivity contribution is -0.115. The second-order valence-corrected chi connectivity index (χ2v) is 7.05. The maximum Gasteiger partial charge on any atom is 0.290 e. The molecule has 1 heterocycles. The number of hydrogen-bond acceptors (Lipinski definition) is 5. The summed E-state index contributed by atoms with van der Waals surface area (Å²) in [5, 5.41) is 4.67. The number of carbonyl (C=O) groups excluding carboxylic acids is 3. The van der Waals surface area contributed by atoms with E-state index in [1.54, 1.807) is 42.1 Å². The zero-order valence-corrected chi connectivity index (χ0v) is 14.9. The molecule has 7 heteroatoms. The Balaban J connectivity index is 1.69. The standard InChI is InChI=1S/C18H14N2O3S2/c1-24-14-8-6-13(7-9-14)19-16(21)12-4-2-11(3-5-12)10-15-17(22)20-18(23)25-15/h2-10H,1H3,(H,19,21)(H,20,22,23)/b15-10-. The molecule has 0 radical (unpaired) electrons. The van der Waals surface area contributed by atoms with E-state index < -0.39 is 5.91 Å². The van der Waals surface area contributed by atoms with Gasteiger partial charge in [0, 0.05) is 16.1 Å². The van der Waals surface area contributed by atoms with E-state index in [1.807, 2.05) is 30.5 Å². The van der Waals surface area contributed by atoms with Crippen LogP contribution in [0, 0.1) is 0 Å². The molecule has 3 amide bonds. The van der Waals surface area contributed by atoms with Crippen molar-refractivity contribution in [1.29, 1.82) is 0 Å². The molecule has 5 nitrogen and oxygen atoms in total. The molecule has 0 bridgehead atoms. The lowest BCUT2D eigenvalue weighted by Gasteiger charge is -2.06. The molecule has 1 aliphatic heterocycles. The highest BCUT2D eigenvalue weighted by Gasteiger charge is 2.24. The summed E-state index contributed by atoms with van der Waals surface area (Å²) in [7, 11) is 0. The summed E-state index contributed by atoms with van der Waals surface area (Å²) in [6, 6.07) is 14.4. The number of carbonyl (C=O) groups is 3. The van der Waals surface area contributed by atoms with Gasteiger partial charge in [-0.1, -0.05) is 12.1 Å². The van der Waals surface area contributed by atoms with Crippen LogP contribution in [0.15, 0.2) is 58.3 Å². The van der Waals surface area contributed by atoms with Crippen molar-refractivity contribution in [3.8, 4) is 0 Å². The van der Waals surface area contributed by atoms with Crippen LogP contribution in [0.25, 0.3) is 6.08 Å². The largest absolute Gasteiger partial charge is 0.322 e. The molecule has 3 rings (SSSR count). The molecule has 0 unspecified atom stereocenters. The Morgan fingerprint density at radius 1 is 1.08 bits per heavy atom. The Kier molecular flexibility index (Phi) is 5.25. The van der Waals surface area contributed by atoms with E-state index in [0.29, 0.717) is 10.5 Å². The third kappa shape index (κ3) is 4.32. The fraction of sp³-hybridized carbons (Fsp3) is 0.0556. The number of amides is 3. The SMILES string of the molecule is CSc1ccc(NC(=O)c2ccc(/C=C3\SC(=O)NC3=O)cc2)cc1. The normalized spacial score (nSPS) is 15.3. The van der Waals surface area contributed by atoms with Gasteiger partial charge in [0.15, 0.2) is 0 Å². The molecule has 1 saturated heterocycles. The van der Waals surface area contributed by atoms with Crippen molar-refractivity contribution >= 4 is 52.3 Å². The van der Waals surface area contributed by atoms with Crippen molar-refractivity contribution in [1.82, 2.24) is 5.32 Å². The minimum absolute atomic E-state index is 0.209. The highest BCUT2D eigenvalue weighted by Crippen LogP contribution is 2.25. The molecule has 1 fully saturated rings. The van der Waals surface area contributed by atoms with Crippen LogP contribution in [-0.2, 0) is 4.79 Å². The molecule has 2 N–H and O–H groups in total. The van der Waals surface area contributed by atoms with Gasteiger partial charge in [-0.25, -0.2) is 0 Å². The highest BCUT2D eigenvalue weighted by molar-refractivity contribution is 8.18. The van der Waals surface area contributed by atoms with Gasteiger partial charge in [-0.05, 0) is 66.1 Å². The molecule has 0 atom stereocenters. The molecule has 2 aromatic rings. The lowest BCUT2D eigenvalue weighted by atomic mass is 10.1. The number of hydrogen-bond donors (Lipinski definition) is 2. The van der Waals surface area contributed by atoms with Gasteiger partial charge in [0.05, 0.1) is 4.91 Å². The first-order valence-corrected chi connectivity index (χ1v) is 9.39. The number of nitrogens with one attached hydrogen (secondary N) is 2. The Morgan fingerprint density at radius 3 is 2.32 bits per heavy atom. The summed E-state index contributed by atoms with van der Waals surface area (Å²) in [4.78, 5) is 36.4. The average Bonchev–Trinajstić information content (AvgIpc) is 2.93. The predicted molar refractivity (Wildman–Crippen MR) is 102 cm³/mol. The van der Waals surface area contributed by atoms with Crippen LogP contribution in [0.1, 0.15) is 15.9 Å². The van der Waals surface area contributed by atoms with E-state index in [4.69, 9.17) is 0 Å². The van der Waals surface area contributed by atoms with Crippen LogP contribution in [0.3, 0.4) is 0 Å². The van der Waals surface area contributed by atoms with E-state index >= 15 is 0 Å². The van der Waals surface area contributed by atoms with Gasteiger partial charge in [-0.3, -0.25) is 19.7 Å². The van der Waals surface area contributed by atoms with Gasteiger partial charge in [-0.15, -0.1) is 11.8 Å². The van der Waals surface area contributed by atoms with Crippen LogP contribution < -0.4 is 10.6 Å². The quantitative estimate of drug-likeness (QED) is 0.629. The Labute approximate surface area is 153 Å². The fourth-order valence-corrected chi connectivity index (χ4v) is 3.27. The first-order chi connectivity index (χ1) is 12.0. The maximum atomic E-state index is 12.3. The first kappa shape index (κ1) is 17.3. The van der Waals surface area contributed by atoms with Crippen molar-refractivity contribution in [3.05, 3.63) is 64.6 Å². The summed E-state index contributed by atoms with van der Waals surface area (Å²) in [6.07, 6.45) is 3.61. The molecular formula is C18H14N2O3S2. The van der Waals surface area contributed by atoms with Gasteiger partial charge < -0.3 is 5.32 Å². The zero-order valence-electron chi connectivity index (χ0n) is 13.2. The van der Waals surface area contributed by atoms with E-state index in [-0.39, 0.29) is 11.1 Å². The molecule has 0 aromatic heterocycles. The minimum atomic E-state index is -0.398. The van der Waals surface area contributed by atoms with Crippen LogP contribution in [0.2, 0.25) is 0 Å². The molecule has 0 aliphatic carbocycles. The third-order valence-corrected chi connectivity index (χ3v) is 5.01. The van der Waals surface area contributed by atoms with Crippen molar-refractivity contribution in [2.75, 3.05) is 11.6 Å². The van der Waals surface area contributed by atoms with E-state index in [1.165, 1.54) is 0 Å². The predicted octanol–water partition coefficient (Wildman–Crippen LogP) is 3.98. The van der Waals surface area contributed by atoms with Crippen molar-refractivity contribution < 1.29 is 14.4 Å². The summed E-state index contributed by atoms with van der Waals surface area (Å²) < 4.78 is 0. The van der Waals surface area contributed by atoms with Gasteiger partial charge in [0.1, 0.15) is 0 Å². The third-order valence-electron chi connectivity index (χ3n) is 3.46. The maximum absolute atomic E-state index is 12.3. The van der Waals surface area contributed by atoms with E-state index in [0.717, 1.165) is 27.9 Å². The Bertz CT molecular complexity index is 859. The second kappa shape index (κ2) is 7.58. The van der Waals surface area contributed by atoms with Gasteiger partial charge in [0.25, 0.3) is 17.1 Å². The summed E-state index contributed by atoms with van der Waals surface area (Å²) in [5.41, 5.74) is 1.98. The highest BCUT2D eigenvalue weighted by atomic mass is 32.2. The van der Waals surface area contributed by atoms with E-state index in [2.05, 4.69) is 10.6 Å². The van der Waals surface area contributed by atoms with E-state index in [9.17, 15) is 14.4 Å². The van der Waals surface area contributed by atoms with Crippen molar-refractivity contribution in [3.63, 3.8) is 0 Å². The van der Waals surface area contributed by atoms with Crippen molar-refractivity contribution in [2.45, 2.75) is 4.90 Å². The smallest absolute Gasteiger partial charge is 0.290 e. The molecule has 0 spiro atoms. The van der Waals surface area contributed by atoms with Crippen LogP contribution >= 0.6 is 23.5 Å². The summed E-state index contributed by atoms with van der Waals surface area (Å²) >= 11 is 2.50. The van der Waals surface area contributed by atoms with Crippen molar-refractivity contribution in [2.24, 2.45) is 0 Å². The fourth-order valence-electron chi connectivity index (χ4n) is 2.18. The second-order valence-electron chi connectivity index (χ2n) is 5.16. The summed E-state index contributed by atoms with van der Waals surface area (Å²) in [6.45, 7) is 0. The zero-order chi connectivity index (χ0) is 17.8. The minimum Gasteiger partial charge on any atom is -0.322 e. The molecule has 25 heavy (non-hydrogen) atoms. The number of imide groups is 1. The number of anilines is 1. The lowest BCUT2D eigenvalue weighted by Crippen LogP contribution is -2.17. The molecule has 1 aliphatic rings. The Hall–Kier alpha value is -2.51. The number of benzene rings is 2. The average molecular weight is 370 g/mol. The molecule has 0 saturated carbocycles. The topological polar surface area (TPSA) is 75.3 Å². The van der Waals surface area contributed by atoms with Gasteiger partial charge in [0.2, 0.25) is 0 Å². The van der Waals surface area contributed by atoms with Gasteiger partial charge in [-0.2, -0.15) is 0 Å². The summed E-state index contributed by atoms with van der Waals surface area (Å²) in [5.74, 6) is -0.607. The molecule has 126 valence electrons. The van der Waals surface area contributed by atoms with Crippen LogP contribution in [0.5, 0.6) is 0 Å². The Morgan fingerprint density at radius 2 is 1.76 bits per heavy atom. The molecular weight excluding hydrogens is 356 g/mol. The first-order valence-electron chi connectivity index (χ1n) is 7.35. The molecule has 2 aromatic carbocycles. The van der Waals surface area contributed by atoms with Crippen LogP contribution in [0.4, 0.5) is 10.5 Å². The number of rotatable bonds is 4.